The molecule has 0 aliphatic rings. The van der Waals surface area contributed by atoms with Gasteiger partial charge in [-0.15, -0.1) is 0 Å². The van der Waals surface area contributed by atoms with Crippen molar-refractivity contribution in [1.82, 2.24) is 9.97 Å². The number of nitrogens with zero attached hydrogens (tertiary/aromatic N) is 1. The summed E-state index contributed by atoms with van der Waals surface area (Å²) in [7, 11) is 1.26. The number of imidazole rings is 1. The van der Waals surface area contributed by atoms with Crippen LogP contribution >= 0.6 is 0 Å². The molecule has 2 rings (SSSR count). The van der Waals surface area contributed by atoms with Gasteiger partial charge >= 0.3 is 5.97 Å². The van der Waals surface area contributed by atoms with Gasteiger partial charge in [0.15, 0.2) is 0 Å². The summed E-state index contributed by atoms with van der Waals surface area (Å²) < 4.78 is 4.62. The number of amides is 1. The summed E-state index contributed by atoms with van der Waals surface area (Å²) in [6.45, 7) is 3.03. The van der Waals surface area contributed by atoms with E-state index in [-0.39, 0.29) is 0 Å². The highest BCUT2D eigenvalue weighted by Gasteiger charge is 2.37. The number of ether oxygens (including phenoxy) is 1. The minimum absolute atomic E-state index is 0.418. The van der Waals surface area contributed by atoms with E-state index >= 15 is 0 Å². The van der Waals surface area contributed by atoms with E-state index in [1.807, 2.05) is 0 Å². The SMILES string of the molecule is COC(=O)C(C)(C)C(=O)Nc1ccc2nc[nH]c2c1. The van der Waals surface area contributed by atoms with Crippen LogP contribution in [0.4, 0.5) is 5.69 Å². The molecule has 0 radical (unpaired) electrons. The molecule has 0 aliphatic carbocycles. The van der Waals surface area contributed by atoms with Crippen LogP contribution in [0, 0.1) is 5.41 Å². The van der Waals surface area contributed by atoms with Gasteiger partial charge in [-0.3, -0.25) is 9.59 Å². The van der Waals surface area contributed by atoms with E-state index in [2.05, 4.69) is 20.0 Å². The van der Waals surface area contributed by atoms with Crippen LogP contribution in [0.1, 0.15) is 13.8 Å². The van der Waals surface area contributed by atoms with Crippen LogP contribution in [0.15, 0.2) is 24.5 Å². The molecule has 1 heterocycles. The van der Waals surface area contributed by atoms with E-state index in [9.17, 15) is 9.59 Å². The predicted octanol–water partition coefficient (Wildman–Crippen LogP) is 1.70. The molecule has 1 aromatic heterocycles. The number of hydrogen-bond donors (Lipinski definition) is 2. The van der Waals surface area contributed by atoms with Crippen molar-refractivity contribution in [2.75, 3.05) is 12.4 Å². The summed E-state index contributed by atoms with van der Waals surface area (Å²) >= 11 is 0. The van der Waals surface area contributed by atoms with Gasteiger partial charge in [0, 0.05) is 5.69 Å². The van der Waals surface area contributed by atoms with Crippen molar-refractivity contribution in [2.24, 2.45) is 5.41 Å². The van der Waals surface area contributed by atoms with E-state index in [4.69, 9.17) is 0 Å². The van der Waals surface area contributed by atoms with Gasteiger partial charge in [-0.25, -0.2) is 4.98 Å². The number of esters is 1. The summed E-state index contributed by atoms with van der Waals surface area (Å²) in [6, 6.07) is 5.27. The van der Waals surface area contributed by atoms with Gasteiger partial charge in [0.1, 0.15) is 5.41 Å². The number of aromatic nitrogens is 2. The van der Waals surface area contributed by atoms with Crippen LogP contribution in [0.5, 0.6) is 0 Å². The molecular formula is C13H15N3O3. The van der Waals surface area contributed by atoms with Gasteiger partial charge in [-0.1, -0.05) is 0 Å². The van der Waals surface area contributed by atoms with Crippen molar-refractivity contribution in [2.45, 2.75) is 13.8 Å². The molecule has 0 aliphatic heterocycles. The molecule has 0 saturated carbocycles. The third kappa shape index (κ3) is 2.42. The third-order valence-corrected chi connectivity index (χ3v) is 2.94. The van der Waals surface area contributed by atoms with E-state index in [1.54, 1.807) is 24.5 Å². The molecule has 1 aromatic carbocycles. The average Bonchev–Trinajstić information content (AvgIpc) is 2.84. The Kier molecular flexibility index (Phi) is 3.25. The first-order valence-electron chi connectivity index (χ1n) is 5.78. The van der Waals surface area contributed by atoms with Crippen molar-refractivity contribution in [3.05, 3.63) is 24.5 Å². The molecule has 0 atom stereocenters. The highest BCUT2D eigenvalue weighted by Crippen LogP contribution is 2.22. The lowest BCUT2D eigenvalue weighted by Gasteiger charge is -2.20. The largest absolute Gasteiger partial charge is 0.468 e. The Morgan fingerprint density at radius 3 is 2.79 bits per heavy atom. The van der Waals surface area contributed by atoms with Crippen molar-refractivity contribution < 1.29 is 14.3 Å². The molecule has 0 saturated heterocycles. The molecule has 19 heavy (non-hydrogen) atoms. The van der Waals surface area contributed by atoms with Crippen LogP contribution in [0.25, 0.3) is 11.0 Å². The molecule has 0 unspecified atom stereocenters. The molecule has 1 amide bonds. The Labute approximate surface area is 110 Å². The van der Waals surface area contributed by atoms with Gasteiger partial charge in [-0.2, -0.15) is 0 Å². The Morgan fingerprint density at radius 1 is 1.37 bits per heavy atom. The first kappa shape index (κ1) is 13.1. The average molecular weight is 261 g/mol. The quantitative estimate of drug-likeness (QED) is 0.650. The highest BCUT2D eigenvalue weighted by molar-refractivity contribution is 6.08. The van der Waals surface area contributed by atoms with Crippen LogP contribution in [0.3, 0.4) is 0 Å². The summed E-state index contributed by atoms with van der Waals surface area (Å²) in [5.41, 5.74) is 0.982. The Balaban J connectivity index is 2.20. The highest BCUT2D eigenvalue weighted by atomic mass is 16.5. The number of carbonyl (C=O) groups excluding carboxylic acids is 2. The summed E-state index contributed by atoms with van der Waals surface area (Å²) in [4.78, 5) is 30.6. The van der Waals surface area contributed by atoms with E-state index in [0.717, 1.165) is 11.0 Å². The van der Waals surface area contributed by atoms with Crippen LogP contribution in [-0.2, 0) is 14.3 Å². The number of hydrogen-bond acceptors (Lipinski definition) is 4. The first-order chi connectivity index (χ1) is 8.95. The fourth-order valence-corrected chi connectivity index (χ4v) is 1.65. The molecular weight excluding hydrogens is 246 g/mol. The second-order valence-corrected chi connectivity index (χ2v) is 4.71. The standard InChI is InChI=1S/C13H15N3O3/c1-13(2,12(18)19-3)11(17)16-8-4-5-9-10(6-8)15-7-14-9/h4-7H,1-3H3,(H,14,15)(H,16,17). The second-order valence-electron chi connectivity index (χ2n) is 4.71. The van der Waals surface area contributed by atoms with E-state index in [0.29, 0.717) is 5.69 Å². The molecule has 100 valence electrons. The zero-order chi connectivity index (χ0) is 14.0. The molecule has 2 aromatic rings. The van der Waals surface area contributed by atoms with Crippen molar-refractivity contribution in [3.8, 4) is 0 Å². The second kappa shape index (κ2) is 4.72. The predicted molar refractivity (Wildman–Crippen MR) is 70.5 cm³/mol. The maximum Gasteiger partial charge on any atom is 0.320 e. The maximum atomic E-state index is 12.1. The monoisotopic (exact) mass is 261 g/mol. The van der Waals surface area contributed by atoms with Crippen LogP contribution in [0.2, 0.25) is 0 Å². The number of anilines is 1. The number of H-pyrrole nitrogens is 1. The van der Waals surface area contributed by atoms with Crippen molar-refractivity contribution >= 4 is 28.6 Å². The topological polar surface area (TPSA) is 84.1 Å². The Morgan fingerprint density at radius 2 is 2.11 bits per heavy atom. The number of nitrogens with one attached hydrogen (secondary N) is 2. The van der Waals surface area contributed by atoms with Gasteiger partial charge in [0.25, 0.3) is 0 Å². The van der Waals surface area contributed by atoms with Crippen LogP contribution in [-0.4, -0.2) is 29.0 Å². The van der Waals surface area contributed by atoms with E-state index in [1.165, 1.54) is 21.0 Å². The number of fused-ring (bicyclic) bond motifs is 1. The van der Waals surface area contributed by atoms with Gasteiger partial charge in [0.05, 0.1) is 24.5 Å². The smallest absolute Gasteiger partial charge is 0.320 e. The number of benzene rings is 1. The molecule has 0 fully saturated rings. The third-order valence-electron chi connectivity index (χ3n) is 2.94. The van der Waals surface area contributed by atoms with Gasteiger partial charge < -0.3 is 15.0 Å². The molecule has 6 nitrogen and oxygen atoms in total. The summed E-state index contributed by atoms with van der Waals surface area (Å²) in [5, 5.41) is 2.69. The normalized spacial score (nSPS) is 11.3. The number of rotatable bonds is 3. The van der Waals surface area contributed by atoms with Crippen molar-refractivity contribution in [1.29, 1.82) is 0 Å². The molecule has 2 N–H and O–H groups in total. The Hall–Kier alpha value is -2.37. The Bertz CT molecular complexity index is 631. The summed E-state index contributed by atoms with van der Waals surface area (Å²) in [5.74, 6) is -0.995. The lowest BCUT2D eigenvalue weighted by Crippen LogP contribution is -2.38. The lowest BCUT2D eigenvalue weighted by atomic mass is 9.92. The van der Waals surface area contributed by atoms with Crippen LogP contribution < -0.4 is 5.32 Å². The van der Waals surface area contributed by atoms with Crippen molar-refractivity contribution in [3.63, 3.8) is 0 Å². The maximum absolute atomic E-state index is 12.1. The minimum atomic E-state index is -1.24. The molecule has 6 heteroatoms. The molecule has 0 bridgehead atoms. The number of aromatic amines is 1. The van der Waals surface area contributed by atoms with Gasteiger partial charge in [0.2, 0.25) is 5.91 Å². The zero-order valence-electron chi connectivity index (χ0n) is 11.0. The lowest BCUT2D eigenvalue weighted by molar-refractivity contribution is -0.154. The first-order valence-corrected chi connectivity index (χ1v) is 5.78. The number of carbonyl (C=O) groups is 2. The number of methoxy groups -OCH3 is 1. The fourth-order valence-electron chi connectivity index (χ4n) is 1.65. The minimum Gasteiger partial charge on any atom is -0.468 e. The fraction of sp³-hybridized carbons (Fsp3) is 0.308. The summed E-state index contributed by atoms with van der Waals surface area (Å²) in [6.07, 6.45) is 1.58. The zero-order valence-corrected chi connectivity index (χ0v) is 11.0. The van der Waals surface area contributed by atoms with Gasteiger partial charge in [-0.05, 0) is 32.0 Å². The van der Waals surface area contributed by atoms with E-state index < -0.39 is 17.3 Å². The molecule has 0 spiro atoms.